The van der Waals surface area contributed by atoms with E-state index in [0.717, 1.165) is 31.5 Å². The summed E-state index contributed by atoms with van der Waals surface area (Å²) in [6.07, 6.45) is 1.32. The van der Waals surface area contributed by atoms with E-state index < -0.39 is 12.0 Å². The number of benzene rings is 1. The zero-order chi connectivity index (χ0) is 17.7. The minimum Gasteiger partial charge on any atom is -0.452 e. The molecule has 0 spiro atoms. The second-order valence-corrected chi connectivity index (χ2v) is 7.29. The fraction of sp³-hybridized carbons (Fsp3) is 0.579. The molecule has 1 amide bonds. The Morgan fingerprint density at radius 3 is 2.12 bits per heavy atom. The number of hydrogen-bond donors (Lipinski definition) is 0. The van der Waals surface area contributed by atoms with Crippen LogP contribution in [0.4, 0.5) is 0 Å². The molecular weight excluding hydrogens is 370 g/mol. The first kappa shape index (κ1) is 19.0. The summed E-state index contributed by atoms with van der Waals surface area (Å²) in [4.78, 5) is 26.6. The minimum atomic E-state index is -0.730. The van der Waals surface area contributed by atoms with Crippen LogP contribution in [0.3, 0.4) is 0 Å². The van der Waals surface area contributed by atoms with Gasteiger partial charge in [0.05, 0.1) is 5.92 Å². The van der Waals surface area contributed by atoms with Crippen LogP contribution < -0.4 is 0 Å². The third kappa shape index (κ3) is 4.59. The van der Waals surface area contributed by atoms with Gasteiger partial charge in [-0.1, -0.05) is 54.0 Å². The molecule has 132 valence electrons. The molecule has 1 aromatic rings. The molecule has 5 heteroatoms. The average molecular weight is 396 g/mol. The van der Waals surface area contributed by atoms with E-state index in [2.05, 4.69) is 29.8 Å². The summed E-state index contributed by atoms with van der Waals surface area (Å²) < 4.78 is 5.45. The van der Waals surface area contributed by atoms with E-state index in [1.165, 1.54) is 5.56 Å². The minimum absolute atomic E-state index is 0.0932. The number of halogens is 1. The Balaban J connectivity index is 2.01. The first-order valence-electron chi connectivity index (χ1n) is 8.59. The van der Waals surface area contributed by atoms with Gasteiger partial charge in [0.25, 0.3) is 5.91 Å². The van der Waals surface area contributed by atoms with Crippen molar-refractivity contribution in [2.75, 3.05) is 18.4 Å². The van der Waals surface area contributed by atoms with Crippen LogP contribution in [0.2, 0.25) is 0 Å². The zero-order valence-corrected chi connectivity index (χ0v) is 16.2. The van der Waals surface area contributed by atoms with Crippen molar-refractivity contribution in [3.8, 4) is 0 Å². The summed E-state index contributed by atoms with van der Waals surface area (Å²) >= 11 is 3.40. The summed E-state index contributed by atoms with van der Waals surface area (Å²) in [6.45, 7) is 7.46. The van der Waals surface area contributed by atoms with Gasteiger partial charge in [-0.15, -0.1) is 0 Å². The number of alkyl halides is 1. The second kappa shape index (κ2) is 8.65. The molecule has 0 aliphatic carbocycles. The smallest absolute Gasteiger partial charge is 0.315 e. The maximum Gasteiger partial charge on any atom is 0.315 e. The van der Waals surface area contributed by atoms with Gasteiger partial charge in [-0.05, 0) is 36.8 Å². The lowest BCUT2D eigenvalue weighted by molar-refractivity contribution is -0.159. The quantitative estimate of drug-likeness (QED) is 0.542. The van der Waals surface area contributed by atoms with Crippen LogP contribution in [0.1, 0.15) is 56.6 Å². The maximum atomic E-state index is 12.5. The SMILES string of the molecule is CC(C)c1ccc(C(CBr)C(=O)O[C@H](C)C(=O)N2CCCC2)cc1. The summed E-state index contributed by atoms with van der Waals surface area (Å²) in [5, 5.41) is 0.470. The molecular formula is C19H26BrNO3. The molecule has 0 bridgehead atoms. The van der Waals surface area contributed by atoms with Gasteiger partial charge in [-0.25, -0.2) is 0 Å². The average Bonchev–Trinajstić information content (AvgIpc) is 3.09. The van der Waals surface area contributed by atoms with E-state index in [-0.39, 0.29) is 11.9 Å². The van der Waals surface area contributed by atoms with Crippen molar-refractivity contribution in [2.24, 2.45) is 0 Å². The molecule has 1 aliphatic rings. The zero-order valence-electron chi connectivity index (χ0n) is 14.6. The molecule has 0 N–H and O–H groups in total. The molecule has 0 radical (unpaired) electrons. The lowest BCUT2D eigenvalue weighted by Crippen LogP contribution is -2.39. The van der Waals surface area contributed by atoms with Gasteiger partial charge < -0.3 is 9.64 Å². The summed E-state index contributed by atoms with van der Waals surface area (Å²) in [7, 11) is 0. The predicted molar refractivity (Wildman–Crippen MR) is 98.4 cm³/mol. The molecule has 4 nitrogen and oxygen atoms in total. The van der Waals surface area contributed by atoms with Gasteiger partial charge in [0, 0.05) is 18.4 Å². The highest BCUT2D eigenvalue weighted by Gasteiger charge is 2.29. The topological polar surface area (TPSA) is 46.6 Å². The molecule has 1 unspecified atom stereocenters. The Morgan fingerprint density at radius 2 is 1.62 bits per heavy atom. The van der Waals surface area contributed by atoms with Gasteiger partial charge >= 0.3 is 5.97 Å². The van der Waals surface area contributed by atoms with Crippen LogP contribution >= 0.6 is 15.9 Å². The van der Waals surface area contributed by atoms with Crippen molar-refractivity contribution in [3.05, 3.63) is 35.4 Å². The summed E-state index contributed by atoms with van der Waals surface area (Å²) in [6, 6.07) is 8.02. The molecule has 2 atom stereocenters. The van der Waals surface area contributed by atoms with Crippen LogP contribution in [0, 0.1) is 0 Å². The number of hydrogen-bond acceptors (Lipinski definition) is 3. The van der Waals surface area contributed by atoms with Crippen molar-refractivity contribution in [1.29, 1.82) is 0 Å². The number of likely N-dealkylation sites (tertiary alicyclic amines) is 1. The van der Waals surface area contributed by atoms with Crippen molar-refractivity contribution < 1.29 is 14.3 Å². The van der Waals surface area contributed by atoms with Crippen LogP contribution in [0.5, 0.6) is 0 Å². The van der Waals surface area contributed by atoms with Gasteiger partial charge in [0.1, 0.15) is 0 Å². The van der Waals surface area contributed by atoms with E-state index in [4.69, 9.17) is 4.74 Å². The van der Waals surface area contributed by atoms with E-state index >= 15 is 0 Å². The normalized spacial score (nSPS) is 17.0. The van der Waals surface area contributed by atoms with E-state index in [1.54, 1.807) is 11.8 Å². The molecule has 1 aliphatic heterocycles. The van der Waals surface area contributed by atoms with Crippen LogP contribution in [0.15, 0.2) is 24.3 Å². The predicted octanol–water partition coefficient (Wildman–Crippen LogP) is 3.84. The number of amides is 1. The molecule has 1 saturated heterocycles. The lowest BCUT2D eigenvalue weighted by Gasteiger charge is -2.22. The van der Waals surface area contributed by atoms with E-state index in [1.807, 2.05) is 24.3 Å². The highest BCUT2D eigenvalue weighted by atomic mass is 79.9. The van der Waals surface area contributed by atoms with Crippen molar-refractivity contribution in [2.45, 2.75) is 51.6 Å². The number of esters is 1. The highest BCUT2D eigenvalue weighted by molar-refractivity contribution is 9.09. The van der Waals surface area contributed by atoms with Gasteiger partial charge in [0.2, 0.25) is 0 Å². The molecule has 0 saturated carbocycles. The Hall–Kier alpha value is -1.36. The van der Waals surface area contributed by atoms with Gasteiger partial charge in [0.15, 0.2) is 6.10 Å². The largest absolute Gasteiger partial charge is 0.452 e. The third-order valence-electron chi connectivity index (χ3n) is 4.50. The summed E-state index contributed by atoms with van der Waals surface area (Å²) in [5.41, 5.74) is 2.14. The Labute approximate surface area is 152 Å². The molecule has 1 heterocycles. The molecule has 1 aromatic carbocycles. The molecule has 0 aromatic heterocycles. The van der Waals surface area contributed by atoms with E-state index in [0.29, 0.717) is 11.2 Å². The lowest BCUT2D eigenvalue weighted by atomic mass is 9.96. The van der Waals surface area contributed by atoms with Gasteiger partial charge in [-0.2, -0.15) is 0 Å². The van der Waals surface area contributed by atoms with Crippen LogP contribution in [0.25, 0.3) is 0 Å². The standard InChI is InChI=1S/C19H26BrNO3/c1-13(2)15-6-8-16(9-7-15)17(12-20)19(23)24-14(3)18(22)21-10-4-5-11-21/h6-9,13-14,17H,4-5,10-12H2,1-3H3/t14-,17?/m1/s1. The summed E-state index contributed by atoms with van der Waals surface area (Å²) in [5.74, 6) is -0.403. The number of ether oxygens (including phenoxy) is 1. The monoisotopic (exact) mass is 395 g/mol. The molecule has 2 rings (SSSR count). The van der Waals surface area contributed by atoms with Crippen molar-refractivity contribution in [3.63, 3.8) is 0 Å². The molecule has 24 heavy (non-hydrogen) atoms. The highest BCUT2D eigenvalue weighted by Crippen LogP contribution is 2.24. The Morgan fingerprint density at radius 1 is 1.08 bits per heavy atom. The number of rotatable bonds is 6. The van der Waals surface area contributed by atoms with Crippen LogP contribution in [-0.4, -0.2) is 41.3 Å². The number of nitrogens with zero attached hydrogens (tertiary/aromatic N) is 1. The first-order valence-corrected chi connectivity index (χ1v) is 9.71. The second-order valence-electron chi connectivity index (χ2n) is 6.64. The third-order valence-corrected chi connectivity index (χ3v) is 5.15. The first-order chi connectivity index (χ1) is 11.4. The number of carbonyl (C=O) groups is 2. The fourth-order valence-corrected chi connectivity index (χ4v) is 3.54. The van der Waals surface area contributed by atoms with Crippen LogP contribution in [-0.2, 0) is 14.3 Å². The maximum absolute atomic E-state index is 12.5. The van der Waals surface area contributed by atoms with Crippen molar-refractivity contribution in [1.82, 2.24) is 4.90 Å². The Kier molecular flexibility index (Phi) is 6.84. The molecule has 1 fully saturated rings. The van der Waals surface area contributed by atoms with Gasteiger partial charge in [-0.3, -0.25) is 9.59 Å². The van der Waals surface area contributed by atoms with Crippen molar-refractivity contribution >= 4 is 27.8 Å². The fourth-order valence-electron chi connectivity index (χ4n) is 2.90. The number of carbonyl (C=O) groups excluding carboxylic acids is 2. The Bertz CT molecular complexity index is 564. The van der Waals surface area contributed by atoms with E-state index in [9.17, 15) is 9.59 Å².